The Morgan fingerprint density at radius 2 is 1.89 bits per heavy atom. The molecule has 0 heterocycles. The lowest BCUT2D eigenvalue weighted by molar-refractivity contribution is -0.144. The number of methoxy groups -OCH3 is 1. The monoisotopic (exact) mass is 260 g/mol. The first kappa shape index (κ1) is 16.7. The number of urea groups is 1. The molecule has 0 aromatic carbocycles. The van der Waals surface area contributed by atoms with Crippen molar-refractivity contribution in [3.8, 4) is 0 Å². The zero-order valence-corrected chi connectivity index (χ0v) is 11.6. The summed E-state index contributed by atoms with van der Waals surface area (Å²) in [5, 5.41) is 14.4. The van der Waals surface area contributed by atoms with Crippen LogP contribution in [0.1, 0.15) is 40.0 Å². The first-order valence-corrected chi connectivity index (χ1v) is 6.22. The number of amides is 2. The Kier molecular flexibility index (Phi) is 7.35. The number of rotatable bonds is 8. The SMILES string of the molecule is CCC(CC)(NC(=O)NC(C)CCOC)C(=O)O. The van der Waals surface area contributed by atoms with Crippen LogP contribution in [0.2, 0.25) is 0 Å². The molecule has 0 aliphatic rings. The molecular formula is C12H24N2O4. The molecule has 1 unspecified atom stereocenters. The van der Waals surface area contributed by atoms with E-state index in [0.29, 0.717) is 25.9 Å². The molecule has 6 nitrogen and oxygen atoms in total. The van der Waals surface area contributed by atoms with E-state index < -0.39 is 17.5 Å². The molecule has 0 aliphatic heterocycles. The second kappa shape index (κ2) is 7.92. The maximum Gasteiger partial charge on any atom is 0.329 e. The summed E-state index contributed by atoms with van der Waals surface area (Å²) in [4.78, 5) is 22.9. The molecule has 2 amide bonds. The van der Waals surface area contributed by atoms with E-state index in [4.69, 9.17) is 4.74 Å². The lowest BCUT2D eigenvalue weighted by Gasteiger charge is -2.28. The van der Waals surface area contributed by atoms with E-state index >= 15 is 0 Å². The van der Waals surface area contributed by atoms with Crippen molar-refractivity contribution in [2.75, 3.05) is 13.7 Å². The van der Waals surface area contributed by atoms with Gasteiger partial charge in [0, 0.05) is 19.8 Å². The third-order valence-electron chi connectivity index (χ3n) is 3.10. The number of nitrogens with one attached hydrogen (secondary N) is 2. The largest absolute Gasteiger partial charge is 0.480 e. The molecule has 106 valence electrons. The number of carboxylic acid groups (broad SMARTS) is 1. The molecule has 0 spiro atoms. The molecule has 0 fully saturated rings. The minimum Gasteiger partial charge on any atom is -0.480 e. The fraction of sp³-hybridized carbons (Fsp3) is 0.833. The molecule has 0 radical (unpaired) electrons. The zero-order valence-electron chi connectivity index (χ0n) is 11.6. The van der Waals surface area contributed by atoms with Crippen LogP contribution in [0.5, 0.6) is 0 Å². The maximum atomic E-state index is 11.7. The predicted molar refractivity (Wildman–Crippen MR) is 68.6 cm³/mol. The van der Waals surface area contributed by atoms with E-state index in [2.05, 4.69) is 10.6 Å². The molecule has 18 heavy (non-hydrogen) atoms. The van der Waals surface area contributed by atoms with Gasteiger partial charge in [0.2, 0.25) is 0 Å². The first-order valence-electron chi connectivity index (χ1n) is 6.22. The summed E-state index contributed by atoms with van der Waals surface area (Å²) in [5.41, 5.74) is -1.19. The molecule has 3 N–H and O–H groups in total. The number of hydrogen-bond acceptors (Lipinski definition) is 3. The van der Waals surface area contributed by atoms with Gasteiger partial charge >= 0.3 is 12.0 Å². The molecule has 1 atom stereocenters. The summed E-state index contributed by atoms with van der Waals surface area (Å²) in [5.74, 6) is -1.01. The number of carboxylic acids is 1. The van der Waals surface area contributed by atoms with Crippen LogP contribution < -0.4 is 10.6 Å². The highest BCUT2D eigenvalue weighted by atomic mass is 16.5. The molecule has 0 saturated carbocycles. The van der Waals surface area contributed by atoms with Gasteiger partial charge in [-0.05, 0) is 26.2 Å². The quantitative estimate of drug-likeness (QED) is 0.615. The van der Waals surface area contributed by atoms with Gasteiger partial charge in [0.25, 0.3) is 0 Å². The average molecular weight is 260 g/mol. The van der Waals surface area contributed by atoms with Crippen LogP contribution in [0, 0.1) is 0 Å². The molecule has 0 aliphatic carbocycles. The van der Waals surface area contributed by atoms with Gasteiger partial charge in [0.1, 0.15) is 5.54 Å². The van der Waals surface area contributed by atoms with Gasteiger partial charge in [-0.25, -0.2) is 9.59 Å². The minimum absolute atomic E-state index is 0.0647. The van der Waals surface area contributed by atoms with Crippen LogP contribution in [-0.2, 0) is 9.53 Å². The Labute approximate surface area is 108 Å². The molecule has 0 bridgehead atoms. The topological polar surface area (TPSA) is 87.7 Å². The van der Waals surface area contributed by atoms with Crippen molar-refractivity contribution in [2.24, 2.45) is 0 Å². The van der Waals surface area contributed by atoms with Crippen molar-refractivity contribution in [1.29, 1.82) is 0 Å². The van der Waals surface area contributed by atoms with Crippen molar-refractivity contribution in [2.45, 2.75) is 51.6 Å². The van der Waals surface area contributed by atoms with E-state index in [1.165, 1.54) is 0 Å². The van der Waals surface area contributed by atoms with Crippen LogP contribution in [-0.4, -0.2) is 42.4 Å². The second-order valence-electron chi connectivity index (χ2n) is 4.38. The van der Waals surface area contributed by atoms with Gasteiger partial charge in [-0.15, -0.1) is 0 Å². The Morgan fingerprint density at radius 3 is 2.28 bits per heavy atom. The lowest BCUT2D eigenvalue weighted by atomic mass is 9.93. The molecule has 0 aromatic rings. The third kappa shape index (κ3) is 4.91. The van der Waals surface area contributed by atoms with E-state index in [1.807, 2.05) is 6.92 Å². The van der Waals surface area contributed by atoms with Gasteiger partial charge in [-0.1, -0.05) is 13.8 Å². The number of ether oxygens (including phenoxy) is 1. The molecule has 0 rings (SSSR count). The van der Waals surface area contributed by atoms with Crippen molar-refractivity contribution in [1.82, 2.24) is 10.6 Å². The predicted octanol–water partition coefficient (Wildman–Crippen LogP) is 1.35. The fourth-order valence-electron chi connectivity index (χ4n) is 1.63. The third-order valence-corrected chi connectivity index (χ3v) is 3.10. The summed E-state index contributed by atoms with van der Waals surface area (Å²) in [6.45, 7) is 5.88. The van der Waals surface area contributed by atoms with Crippen LogP contribution in [0.25, 0.3) is 0 Å². The summed E-state index contributed by atoms with van der Waals surface area (Å²) >= 11 is 0. The van der Waals surface area contributed by atoms with E-state index in [0.717, 1.165) is 0 Å². The van der Waals surface area contributed by atoms with Crippen LogP contribution in [0.3, 0.4) is 0 Å². The Bertz CT molecular complexity index is 277. The van der Waals surface area contributed by atoms with Gasteiger partial charge < -0.3 is 20.5 Å². The van der Waals surface area contributed by atoms with Crippen molar-refractivity contribution >= 4 is 12.0 Å². The summed E-state index contributed by atoms with van der Waals surface area (Å²) < 4.78 is 4.91. The Hall–Kier alpha value is -1.30. The summed E-state index contributed by atoms with van der Waals surface area (Å²) in [7, 11) is 1.59. The van der Waals surface area contributed by atoms with Crippen molar-refractivity contribution in [3.63, 3.8) is 0 Å². The number of hydrogen-bond donors (Lipinski definition) is 3. The minimum atomic E-state index is -1.19. The summed E-state index contributed by atoms with van der Waals surface area (Å²) in [6.07, 6.45) is 1.37. The van der Waals surface area contributed by atoms with Gasteiger partial charge in [-0.2, -0.15) is 0 Å². The van der Waals surface area contributed by atoms with Crippen LogP contribution in [0.15, 0.2) is 0 Å². The molecule has 6 heteroatoms. The highest BCUT2D eigenvalue weighted by molar-refractivity contribution is 5.86. The number of carbonyl (C=O) groups excluding carboxylic acids is 1. The smallest absolute Gasteiger partial charge is 0.329 e. The summed E-state index contributed by atoms with van der Waals surface area (Å²) in [6, 6.07) is -0.519. The van der Waals surface area contributed by atoms with E-state index in [1.54, 1.807) is 21.0 Å². The van der Waals surface area contributed by atoms with E-state index in [9.17, 15) is 14.7 Å². The van der Waals surface area contributed by atoms with Crippen molar-refractivity contribution < 1.29 is 19.4 Å². The standard InChI is InChI=1S/C12H24N2O4/c1-5-12(6-2,10(15)16)14-11(17)13-9(3)7-8-18-4/h9H,5-8H2,1-4H3,(H,15,16)(H2,13,14,17). The second-order valence-corrected chi connectivity index (χ2v) is 4.38. The van der Waals surface area contributed by atoms with Gasteiger partial charge in [0.15, 0.2) is 0 Å². The number of aliphatic carboxylic acids is 1. The first-order chi connectivity index (χ1) is 8.41. The highest BCUT2D eigenvalue weighted by Crippen LogP contribution is 2.15. The average Bonchev–Trinajstić information content (AvgIpc) is 2.33. The van der Waals surface area contributed by atoms with Gasteiger partial charge in [0.05, 0.1) is 0 Å². The molecular weight excluding hydrogens is 236 g/mol. The van der Waals surface area contributed by atoms with Crippen LogP contribution >= 0.6 is 0 Å². The molecule has 0 saturated heterocycles. The Morgan fingerprint density at radius 1 is 1.33 bits per heavy atom. The maximum absolute atomic E-state index is 11.7. The lowest BCUT2D eigenvalue weighted by Crippen LogP contribution is -2.57. The Balaban J connectivity index is 4.39. The number of carbonyl (C=O) groups is 2. The highest BCUT2D eigenvalue weighted by Gasteiger charge is 2.36. The zero-order chi connectivity index (χ0) is 14.2. The molecule has 0 aromatic heterocycles. The van der Waals surface area contributed by atoms with Crippen molar-refractivity contribution in [3.05, 3.63) is 0 Å². The fourth-order valence-corrected chi connectivity index (χ4v) is 1.63. The van der Waals surface area contributed by atoms with E-state index in [-0.39, 0.29) is 6.04 Å². The van der Waals surface area contributed by atoms with Crippen LogP contribution in [0.4, 0.5) is 4.79 Å². The normalized spacial score (nSPS) is 12.9. The van der Waals surface area contributed by atoms with Gasteiger partial charge in [-0.3, -0.25) is 0 Å².